The van der Waals surface area contributed by atoms with Crippen LogP contribution in [0.4, 0.5) is 0 Å². The zero-order valence-corrected chi connectivity index (χ0v) is 52.8. The van der Waals surface area contributed by atoms with Crippen molar-refractivity contribution < 1.29 is 137 Å². The molecule has 512 valence electrons. The van der Waals surface area contributed by atoms with Gasteiger partial charge >= 0.3 is 17.9 Å². The van der Waals surface area contributed by atoms with Crippen LogP contribution in [0.1, 0.15) is 114 Å². The number of aliphatic hydroxyl groups is 11. The molecule has 6 heterocycles. The topological polar surface area (TPSA) is 403 Å². The minimum atomic E-state index is -1.96. The molecule has 32 unspecified atom stereocenters. The van der Waals surface area contributed by atoms with Crippen molar-refractivity contribution in [3.8, 4) is 0 Å². The van der Waals surface area contributed by atoms with E-state index in [9.17, 15) is 65.8 Å². The molecular formula is C62H96O28. The molecule has 10 rings (SSSR count). The molecule has 0 aromatic carbocycles. The molecule has 10 aliphatic rings. The average molecular weight is 1290 g/mol. The third kappa shape index (κ3) is 12.1. The summed E-state index contributed by atoms with van der Waals surface area (Å²) in [5.41, 5.74) is -2.28. The molecule has 6 aliphatic heterocycles. The van der Waals surface area contributed by atoms with Crippen LogP contribution in [0.2, 0.25) is 0 Å². The largest absolute Gasteiger partial charge is 0.462 e. The Morgan fingerprint density at radius 1 is 0.667 bits per heavy atom. The molecule has 32 atom stereocenters. The van der Waals surface area contributed by atoms with Crippen molar-refractivity contribution >= 4 is 17.9 Å². The van der Waals surface area contributed by atoms with Gasteiger partial charge in [-0.25, -0.2) is 0 Å². The number of carbonyl (C=O) groups excluding carboxylic acids is 3. The number of ether oxygens (including phenoxy) is 14. The Hall–Kier alpha value is -2.99. The lowest BCUT2D eigenvalue weighted by Crippen LogP contribution is -2.66. The van der Waals surface area contributed by atoms with E-state index in [2.05, 4.69) is 40.3 Å². The third-order valence-electron chi connectivity index (χ3n) is 22.2. The van der Waals surface area contributed by atoms with E-state index in [4.69, 9.17) is 66.3 Å². The van der Waals surface area contributed by atoms with Gasteiger partial charge in [-0.05, 0) is 100 Å². The first-order valence-corrected chi connectivity index (χ1v) is 31.6. The predicted octanol–water partition coefficient (Wildman–Crippen LogP) is -1.20. The lowest BCUT2D eigenvalue weighted by Gasteiger charge is -2.63. The van der Waals surface area contributed by atoms with Crippen molar-refractivity contribution in [3.63, 3.8) is 0 Å². The van der Waals surface area contributed by atoms with E-state index >= 15 is 4.79 Å². The normalized spacial score (nSPS) is 50.3. The van der Waals surface area contributed by atoms with E-state index in [0.717, 1.165) is 5.57 Å². The number of hydrogen-bond acceptors (Lipinski definition) is 28. The summed E-state index contributed by atoms with van der Waals surface area (Å²) in [6, 6.07) is 0. The number of cyclic esters (lactones) is 1. The Kier molecular flexibility index (Phi) is 20.6. The van der Waals surface area contributed by atoms with Crippen molar-refractivity contribution in [1.82, 2.24) is 0 Å². The summed E-state index contributed by atoms with van der Waals surface area (Å²) in [7, 11) is 1.21. The number of methoxy groups -OCH3 is 1. The number of hydrogen-bond donors (Lipinski definition) is 11. The van der Waals surface area contributed by atoms with E-state index in [-0.39, 0.29) is 18.4 Å². The highest BCUT2D eigenvalue weighted by atomic mass is 16.8. The molecule has 0 bridgehead atoms. The number of fused-ring (bicyclic) bond motifs is 4. The molecule has 9 fully saturated rings. The molecule has 90 heavy (non-hydrogen) atoms. The van der Waals surface area contributed by atoms with Gasteiger partial charge < -0.3 is 122 Å². The lowest BCUT2D eigenvalue weighted by atomic mass is 9.41. The summed E-state index contributed by atoms with van der Waals surface area (Å²) in [6.07, 6.45) is -30.7. The van der Waals surface area contributed by atoms with Gasteiger partial charge in [-0.2, -0.15) is 0 Å². The van der Waals surface area contributed by atoms with Crippen molar-refractivity contribution in [2.45, 2.75) is 273 Å². The molecule has 1 spiro atoms. The second-order valence-electron chi connectivity index (χ2n) is 28.1. The van der Waals surface area contributed by atoms with Gasteiger partial charge in [0.1, 0.15) is 110 Å². The fourth-order valence-corrected chi connectivity index (χ4v) is 17.6. The highest BCUT2D eigenvalue weighted by molar-refractivity contribution is 5.84. The molecule has 4 aliphatic carbocycles. The number of esters is 3. The SMILES string of the molecule is C=C(C)CCC(OC(C)=O)C1(C)OC(=O)C23CC=C4C(CCC5C4(C)CCC(OC4OCC(OC6OCC(O)C(O)C6O)C(O)C4OC4OC(C)C(OC6OCC(O)C(OC7OC(CO)C(O)C(OC)C7O)C6O)C(O)C4O)C5(C)C)C2(C)CC(OC(C)=O)C13. The maximum absolute atomic E-state index is 15.0. The molecule has 11 N–H and O–H groups in total. The summed E-state index contributed by atoms with van der Waals surface area (Å²) in [4.78, 5) is 40.7. The molecule has 0 aromatic rings. The van der Waals surface area contributed by atoms with Gasteiger partial charge in [-0.15, -0.1) is 6.58 Å². The van der Waals surface area contributed by atoms with Crippen LogP contribution in [0.5, 0.6) is 0 Å². The minimum absolute atomic E-state index is 0.0478. The van der Waals surface area contributed by atoms with Gasteiger partial charge in [-0.1, -0.05) is 44.9 Å². The van der Waals surface area contributed by atoms with Gasteiger partial charge in [0.25, 0.3) is 0 Å². The highest BCUT2D eigenvalue weighted by Crippen LogP contribution is 2.76. The average Bonchev–Trinajstić information content (AvgIpc) is 1.47. The molecule has 3 saturated carbocycles. The van der Waals surface area contributed by atoms with Crippen molar-refractivity contribution in [1.29, 1.82) is 0 Å². The van der Waals surface area contributed by atoms with Crippen molar-refractivity contribution in [2.24, 2.45) is 39.4 Å². The number of carbonyl (C=O) groups is 3. The van der Waals surface area contributed by atoms with E-state index in [1.165, 1.54) is 33.5 Å². The maximum Gasteiger partial charge on any atom is 0.314 e. The zero-order chi connectivity index (χ0) is 65.6. The Bertz CT molecular complexity index is 2610. The Morgan fingerprint density at radius 3 is 1.94 bits per heavy atom. The van der Waals surface area contributed by atoms with Crippen LogP contribution < -0.4 is 0 Å². The van der Waals surface area contributed by atoms with Crippen LogP contribution in [0, 0.1) is 39.4 Å². The zero-order valence-electron chi connectivity index (χ0n) is 52.8. The van der Waals surface area contributed by atoms with Crippen LogP contribution in [0.25, 0.3) is 0 Å². The lowest BCUT2D eigenvalue weighted by molar-refractivity contribution is -0.388. The summed E-state index contributed by atoms with van der Waals surface area (Å²) in [6.45, 7) is 18.5. The van der Waals surface area contributed by atoms with Gasteiger partial charge in [0, 0.05) is 21.0 Å². The molecule has 6 saturated heterocycles. The van der Waals surface area contributed by atoms with Crippen LogP contribution in [-0.4, -0.2) is 267 Å². The standard InChI is InChI=1S/C62H96O28/c1-25(2)12-15-38(83-28(5)65)61(10)51-33(82-27(4)64)20-60(9)30-13-14-36-58(6,7)37(17-18-59(36,8)29(30)16-19-62(51,60)57(76)90-61)86-56-50(41(70)35(24-80-56)85-52-43(72)39(68)31(66)22-78-52)89-54-44(73)42(71)47(26(3)81-54)87-53-45(74)48(32(67)23-79-53)88-55-46(75)49(77-11)40(69)34(21-63)84-55/h16,26,30-56,63,66-75H,1,12-15,17-24H2,2-11H3. The first-order chi connectivity index (χ1) is 42.3. The van der Waals surface area contributed by atoms with Crippen molar-refractivity contribution in [3.05, 3.63) is 23.8 Å². The van der Waals surface area contributed by atoms with E-state index < -0.39 is 224 Å². The van der Waals surface area contributed by atoms with Gasteiger partial charge in [0.05, 0.1) is 50.0 Å². The fraction of sp³-hybridized carbons (Fsp3) is 0.887. The Morgan fingerprint density at radius 2 is 1.29 bits per heavy atom. The van der Waals surface area contributed by atoms with Crippen LogP contribution >= 0.6 is 0 Å². The van der Waals surface area contributed by atoms with E-state index in [1.807, 2.05) is 6.92 Å². The summed E-state index contributed by atoms with van der Waals surface area (Å²) in [5, 5.41) is 121. The van der Waals surface area contributed by atoms with E-state index in [0.29, 0.717) is 51.4 Å². The Labute approximate surface area is 522 Å². The number of rotatable bonds is 18. The van der Waals surface area contributed by atoms with Gasteiger partial charge in [0.15, 0.2) is 37.1 Å². The predicted molar refractivity (Wildman–Crippen MR) is 303 cm³/mol. The highest BCUT2D eigenvalue weighted by Gasteiger charge is 2.81. The Balaban J connectivity index is 0.871. The first-order valence-electron chi connectivity index (χ1n) is 31.6. The summed E-state index contributed by atoms with van der Waals surface area (Å²) < 4.78 is 84.5. The second kappa shape index (κ2) is 26.5. The molecule has 0 radical (unpaired) electrons. The smallest absolute Gasteiger partial charge is 0.314 e. The molecule has 0 aromatic heterocycles. The second-order valence-corrected chi connectivity index (χ2v) is 28.1. The number of aliphatic hydroxyl groups excluding tert-OH is 11. The molecule has 28 nitrogen and oxygen atoms in total. The summed E-state index contributed by atoms with van der Waals surface area (Å²) in [5.74, 6) is -2.29. The summed E-state index contributed by atoms with van der Waals surface area (Å²) >= 11 is 0. The third-order valence-corrected chi connectivity index (χ3v) is 22.2. The first kappa shape index (κ1) is 69.8. The molecule has 0 amide bonds. The quantitative estimate of drug-likeness (QED) is 0.0332. The molecule has 28 heteroatoms. The maximum atomic E-state index is 15.0. The van der Waals surface area contributed by atoms with Crippen LogP contribution in [0.15, 0.2) is 23.8 Å². The van der Waals surface area contributed by atoms with Crippen LogP contribution in [-0.2, 0) is 80.7 Å². The fourth-order valence-electron chi connectivity index (χ4n) is 17.6. The van der Waals surface area contributed by atoms with Crippen LogP contribution in [0.3, 0.4) is 0 Å². The van der Waals surface area contributed by atoms with E-state index in [1.54, 1.807) is 6.92 Å². The minimum Gasteiger partial charge on any atom is -0.462 e. The number of allylic oxidation sites excluding steroid dienone is 3. The monoisotopic (exact) mass is 1290 g/mol. The van der Waals surface area contributed by atoms with Crippen molar-refractivity contribution in [2.75, 3.05) is 33.5 Å². The molecular weight excluding hydrogens is 1190 g/mol. The van der Waals surface area contributed by atoms with Gasteiger partial charge in [-0.3, -0.25) is 14.4 Å². The van der Waals surface area contributed by atoms with Gasteiger partial charge in [0.2, 0.25) is 0 Å².